The minimum atomic E-state index is -2.08. The van der Waals surface area contributed by atoms with E-state index in [-0.39, 0.29) is 48.8 Å². The van der Waals surface area contributed by atoms with Crippen molar-refractivity contribution >= 4 is 41.4 Å². The minimum Gasteiger partial charge on any atom is -0.464 e. The lowest BCUT2D eigenvalue weighted by Gasteiger charge is -2.70. The molecule has 7 aliphatic rings. The average Bonchev–Trinajstić information content (AvgIpc) is 1.63. The number of carbonyl (C=O) groups is 7. The molecule has 464 valence electrons. The van der Waals surface area contributed by atoms with Gasteiger partial charge in [0.05, 0.1) is 25.9 Å². The number of amides is 3. The summed E-state index contributed by atoms with van der Waals surface area (Å²) in [6.45, 7) is 25.4. The van der Waals surface area contributed by atoms with Gasteiger partial charge in [0.1, 0.15) is 54.7 Å². The second-order valence-corrected chi connectivity index (χ2v) is 26.8. The molecule has 0 aromatic heterocycles. The summed E-state index contributed by atoms with van der Waals surface area (Å²) < 4.78 is 40.8. The minimum absolute atomic E-state index is 0.0460. The van der Waals surface area contributed by atoms with Gasteiger partial charge in [0.2, 0.25) is 5.91 Å². The molecule has 0 spiro atoms. The first-order valence-corrected chi connectivity index (χ1v) is 30.0. The molecule has 5 aliphatic carbocycles. The van der Waals surface area contributed by atoms with E-state index in [0.717, 1.165) is 24.8 Å². The summed E-state index contributed by atoms with van der Waals surface area (Å²) in [4.78, 5) is 95.1. The number of ether oxygens (including phenoxy) is 7. The second kappa shape index (κ2) is 25.1. The Morgan fingerprint density at radius 2 is 1.11 bits per heavy atom. The lowest BCUT2D eigenvalue weighted by atomic mass is 9.33. The molecule has 0 aromatic rings. The number of hydrogen-bond donors (Lipinski definition) is 8. The van der Waals surface area contributed by atoms with E-state index in [0.29, 0.717) is 57.8 Å². The Balaban J connectivity index is 1.16. The fourth-order valence-electron chi connectivity index (χ4n) is 15.5. The molecule has 22 atom stereocenters. The zero-order chi connectivity index (χ0) is 60.8. The van der Waals surface area contributed by atoms with Crippen LogP contribution in [0.5, 0.6) is 0 Å². The number of nitrogens with one attached hydrogen (secondary N) is 3. The molecule has 0 radical (unpaired) electrons. The Bertz CT molecular complexity index is 2420. The molecule has 7 rings (SSSR count). The summed E-state index contributed by atoms with van der Waals surface area (Å²) in [7, 11) is 0. The van der Waals surface area contributed by atoms with Crippen LogP contribution in [0.15, 0.2) is 11.6 Å². The van der Waals surface area contributed by atoms with Gasteiger partial charge >= 0.3 is 17.9 Å². The van der Waals surface area contributed by atoms with Gasteiger partial charge in [0.15, 0.2) is 30.6 Å². The first kappa shape index (κ1) is 65.4. The van der Waals surface area contributed by atoms with Crippen LogP contribution in [-0.2, 0) is 66.7 Å². The van der Waals surface area contributed by atoms with Crippen molar-refractivity contribution in [2.75, 3.05) is 19.8 Å². The maximum Gasteiger partial charge on any atom is 0.328 e. The van der Waals surface area contributed by atoms with Crippen LogP contribution >= 0.6 is 0 Å². The second-order valence-electron chi connectivity index (χ2n) is 26.8. The van der Waals surface area contributed by atoms with E-state index >= 15 is 4.79 Å². The number of aliphatic hydroxyl groups excluding tert-OH is 5. The van der Waals surface area contributed by atoms with Gasteiger partial charge < -0.3 is 74.6 Å². The third-order valence-corrected chi connectivity index (χ3v) is 20.8. The summed E-state index contributed by atoms with van der Waals surface area (Å²) in [6.07, 6.45) is -10.9. The quantitative estimate of drug-likeness (QED) is 0.0522. The SMILES string of the molecule is CCCOC(=O)C(C)NC(=O)C1OC(OC2C(OC3CCC4(C)C(CCC5(C)C4C(=O)C=C4C6CC(C)(C(=O)NC(C)C(=O)OCCC)CCC6(C)CCC45C)C3(C)C)OC(C(=O)NC(C)C(=O)OCCC)C(O)C2O)C(O)C(O)C1O. The highest BCUT2D eigenvalue weighted by atomic mass is 16.8. The van der Waals surface area contributed by atoms with Crippen LogP contribution in [0.3, 0.4) is 0 Å². The third-order valence-electron chi connectivity index (χ3n) is 20.8. The van der Waals surface area contributed by atoms with Gasteiger partial charge in [-0.05, 0) is 143 Å². The van der Waals surface area contributed by atoms with Gasteiger partial charge in [0.25, 0.3) is 11.8 Å². The standard InChI is InChI=1S/C60H95N3O19/c1-14-25-76-49(72)30(4)61-47(70)43-39(66)38(65)42(69)52(80-43)82-45-41(68)40(67)44(48(71)62-31(5)50(73)77-26-15-2)81-53(45)79-37-18-19-58(11)36(55(37,7)8)17-20-60(13)46(58)35(64)28-33-34-29-57(10,22-21-56(34,9)23-24-59(33,60)12)54(75)63-32(6)51(74)78-27-16-3/h28,30-32,34,36-46,52-53,65-69H,14-27,29H2,1-13H3,(H,61,70)(H,62,71)(H,63,75). The summed E-state index contributed by atoms with van der Waals surface area (Å²) in [5.74, 6) is -4.87. The highest BCUT2D eigenvalue weighted by Crippen LogP contribution is 2.75. The molecule has 2 heterocycles. The van der Waals surface area contributed by atoms with Gasteiger partial charge in [-0.15, -0.1) is 0 Å². The number of hydrogen-bond acceptors (Lipinski definition) is 19. The molecule has 0 bridgehead atoms. The van der Waals surface area contributed by atoms with Crippen molar-refractivity contribution in [3.05, 3.63) is 11.6 Å². The maximum atomic E-state index is 15.4. The van der Waals surface area contributed by atoms with Crippen LogP contribution in [0.2, 0.25) is 0 Å². The smallest absolute Gasteiger partial charge is 0.328 e. The molecule has 6 fully saturated rings. The van der Waals surface area contributed by atoms with E-state index in [2.05, 4.69) is 43.6 Å². The van der Waals surface area contributed by atoms with Crippen LogP contribution in [0, 0.1) is 50.2 Å². The highest BCUT2D eigenvalue weighted by Gasteiger charge is 2.71. The monoisotopic (exact) mass is 1160 g/mol. The van der Waals surface area contributed by atoms with Gasteiger partial charge in [-0.25, -0.2) is 14.4 Å². The number of fused-ring (bicyclic) bond motifs is 7. The molecule has 8 N–H and O–H groups in total. The Hall–Kier alpha value is -4.13. The Morgan fingerprint density at radius 3 is 1.65 bits per heavy atom. The summed E-state index contributed by atoms with van der Waals surface area (Å²) in [5, 5.41) is 64.8. The highest BCUT2D eigenvalue weighted by molar-refractivity contribution is 5.96. The summed E-state index contributed by atoms with van der Waals surface area (Å²) in [6, 6.07) is -3.23. The van der Waals surface area contributed by atoms with E-state index in [1.807, 2.05) is 33.8 Å². The Labute approximate surface area is 482 Å². The lowest BCUT2D eigenvalue weighted by Crippen LogP contribution is -2.69. The normalized spacial score (nSPS) is 41.5. The first-order valence-electron chi connectivity index (χ1n) is 30.0. The molecular formula is C60H95N3O19. The van der Waals surface area contributed by atoms with Crippen LogP contribution in [0.4, 0.5) is 0 Å². The number of carbonyl (C=O) groups excluding carboxylic acids is 7. The number of rotatable bonds is 19. The van der Waals surface area contributed by atoms with Crippen molar-refractivity contribution < 1.29 is 92.3 Å². The van der Waals surface area contributed by atoms with Crippen LogP contribution in [0.25, 0.3) is 0 Å². The van der Waals surface area contributed by atoms with Crippen molar-refractivity contribution in [1.82, 2.24) is 16.0 Å². The Morgan fingerprint density at radius 1 is 0.610 bits per heavy atom. The molecule has 3 amide bonds. The van der Waals surface area contributed by atoms with Crippen molar-refractivity contribution in [1.29, 1.82) is 0 Å². The molecule has 22 unspecified atom stereocenters. The van der Waals surface area contributed by atoms with Gasteiger partial charge in [-0.2, -0.15) is 0 Å². The molecular weight excluding hydrogens is 1070 g/mol. The maximum absolute atomic E-state index is 15.4. The number of aliphatic hydroxyl groups is 5. The fourth-order valence-corrected chi connectivity index (χ4v) is 15.5. The molecule has 22 nitrogen and oxygen atoms in total. The topological polar surface area (TPSA) is 321 Å². The van der Waals surface area contributed by atoms with Crippen molar-refractivity contribution in [2.24, 2.45) is 50.2 Å². The lowest BCUT2D eigenvalue weighted by molar-refractivity contribution is -0.369. The zero-order valence-electron chi connectivity index (χ0n) is 50.5. The molecule has 22 heteroatoms. The van der Waals surface area contributed by atoms with Crippen molar-refractivity contribution in [2.45, 2.75) is 253 Å². The van der Waals surface area contributed by atoms with E-state index in [1.165, 1.54) is 13.8 Å². The van der Waals surface area contributed by atoms with E-state index in [9.17, 15) is 54.3 Å². The van der Waals surface area contributed by atoms with E-state index in [1.54, 1.807) is 20.8 Å². The predicted molar refractivity (Wildman–Crippen MR) is 293 cm³/mol. The largest absolute Gasteiger partial charge is 0.464 e. The van der Waals surface area contributed by atoms with Crippen LogP contribution in [0.1, 0.15) is 167 Å². The van der Waals surface area contributed by atoms with Crippen molar-refractivity contribution in [3.63, 3.8) is 0 Å². The molecule has 4 saturated carbocycles. The summed E-state index contributed by atoms with van der Waals surface area (Å²) in [5.41, 5.74) is -2.08. The van der Waals surface area contributed by atoms with Crippen molar-refractivity contribution in [3.8, 4) is 0 Å². The first-order chi connectivity index (χ1) is 38.3. The molecule has 0 aromatic carbocycles. The van der Waals surface area contributed by atoms with Gasteiger partial charge in [-0.3, -0.25) is 19.2 Å². The van der Waals surface area contributed by atoms with E-state index < -0.39 is 148 Å². The van der Waals surface area contributed by atoms with Gasteiger partial charge in [-0.1, -0.05) is 74.8 Å². The predicted octanol–water partition coefficient (Wildman–Crippen LogP) is 3.37. The molecule has 2 saturated heterocycles. The number of ketones is 1. The molecule has 82 heavy (non-hydrogen) atoms. The third kappa shape index (κ3) is 12.0. The molecule has 2 aliphatic heterocycles. The Kier molecular flexibility index (Phi) is 20.0. The van der Waals surface area contributed by atoms with Crippen LogP contribution < -0.4 is 16.0 Å². The fraction of sp³-hybridized carbons (Fsp3) is 0.850. The van der Waals surface area contributed by atoms with Gasteiger partial charge in [0, 0.05) is 11.3 Å². The average molecular weight is 1160 g/mol. The van der Waals surface area contributed by atoms with Crippen LogP contribution in [-0.4, -0.2) is 172 Å². The summed E-state index contributed by atoms with van der Waals surface area (Å²) >= 11 is 0. The number of esters is 3. The zero-order valence-corrected chi connectivity index (χ0v) is 50.5. The number of allylic oxidation sites excluding steroid dienone is 2. The van der Waals surface area contributed by atoms with E-state index in [4.69, 9.17) is 33.2 Å².